The van der Waals surface area contributed by atoms with Gasteiger partial charge in [0.15, 0.2) is 5.13 Å². The van der Waals surface area contributed by atoms with Crippen molar-refractivity contribution in [1.82, 2.24) is 10.3 Å². The minimum Gasteiger partial charge on any atom is -0.375 e. The Bertz CT molecular complexity index is 257. The summed E-state index contributed by atoms with van der Waals surface area (Å²) in [5.41, 5.74) is 5.52. The van der Waals surface area contributed by atoms with E-state index in [0.29, 0.717) is 5.13 Å². The molecular weight excluding hydrogens is 174 g/mol. The summed E-state index contributed by atoms with van der Waals surface area (Å²) in [6, 6.07) is 0. The van der Waals surface area contributed by atoms with E-state index in [1.807, 2.05) is 0 Å². The number of hydrogen-bond donors (Lipinski definition) is 2. The van der Waals surface area contributed by atoms with Crippen LogP contribution in [0, 0.1) is 0 Å². The Labute approximate surface area is 74.7 Å². The van der Waals surface area contributed by atoms with Crippen LogP contribution >= 0.6 is 11.3 Å². The maximum absolute atomic E-state index is 5.53. The molecule has 0 bridgehead atoms. The number of nitrogens with one attached hydrogen (secondary N) is 1. The van der Waals surface area contributed by atoms with Gasteiger partial charge in [-0.3, -0.25) is 0 Å². The lowest BCUT2D eigenvalue weighted by molar-refractivity contribution is 0.0298. The van der Waals surface area contributed by atoms with E-state index in [9.17, 15) is 0 Å². The molecule has 1 aliphatic heterocycles. The first-order chi connectivity index (χ1) is 5.86. The molecular formula is C7H11N3OS. The molecule has 1 aromatic rings. The summed E-state index contributed by atoms with van der Waals surface area (Å²) in [5.74, 6) is 0. The van der Waals surface area contributed by atoms with E-state index in [2.05, 4.69) is 10.3 Å². The zero-order chi connectivity index (χ0) is 8.39. The SMILES string of the molecule is Nc1ncc(C2CNCCO2)s1. The number of nitrogens with zero attached hydrogens (tertiary/aromatic N) is 1. The second-order valence-electron chi connectivity index (χ2n) is 2.66. The largest absolute Gasteiger partial charge is 0.375 e. The highest BCUT2D eigenvalue weighted by Crippen LogP contribution is 2.25. The highest BCUT2D eigenvalue weighted by atomic mass is 32.1. The third kappa shape index (κ3) is 1.57. The molecule has 1 fully saturated rings. The van der Waals surface area contributed by atoms with Crippen LogP contribution in [0.15, 0.2) is 6.20 Å². The Balaban J connectivity index is 2.08. The maximum atomic E-state index is 5.53. The van der Waals surface area contributed by atoms with Crippen LogP contribution in [-0.2, 0) is 4.74 Å². The van der Waals surface area contributed by atoms with Gasteiger partial charge in [0.05, 0.1) is 11.5 Å². The monoisotopic (exact) mass is 185 g/mol. The number of anilines is 1. The number of nitrogens with two attached hydrogens (primary N) is 1. The average molecular weight is 185 g/mol. The lowest BCUT2D eigenvalue weighted by Crippen LogP contribution is -2.32. The smallest absolute Gasteiger partial charge is 0.180 e. The van der Waals surface area contributed by atoms with Gasteiger partial charge < -0.3 is 15.8 Å². The van der Waals surface area contributed by atoms with Crippen LogP contribution in [0.25, 0.3) is 0 Å². The van der Waals surface area contributed by atoms with E-state index in [1.165, 1.54) is 11.3 Å². The van der Waals surface area contributed by atoms with E-state index >= 15 is 0 Å². The standard InChI is InChI=1S/C7H11N3OS/c8-7-10-4-6(12-7)5-3-9-1-2-11-5/h4-5,9H,1-3H2,(H2,8,10). The lowest BCUT2D eigenvalue weighted by Gasteiger charge is -2.21. The minimum absolute atomic E-state index is 0.147. The third-order valence-corrected chi connectivity index (χ3v) is 2.70. The van der Waals surface area contributed by atoms with Crippen LogP contribution in [0.2, 0.25) is 0 Å². The normalized spacial score (nSPS) is 24.2. The quantitative estimate of drug-likeness (QED) is 0.664. The van der Waals surface area contributed by atoms with Gasteiger partial charge in [0.2, 0.25) is 0 Å². The van der Waals surface area contributed by atoms with Crippen molar-refractivity contribution in [1.29, 1.82) is 0 Å². The number of nitrogen functional groups attached to an aromatic ring is 1. The zero-order valence-corrected chi connectivity index (χ0v) is 7.43. The lowest BCUT2D eigenvalue weighted by atomic mass is 10.3. The molecule has 1 unspecified atom stereocenters. The van der Waals surface area contributed by atoms with Gasteiger partial charge in [0.1, 0.15) is 6.10 Å². The van der Waals surface area contributed by atoms with E-state index < -0.39 is 0 Å². The molecule has 0 aromatic carbocycles. The second-order valence-corrected chi connectivity index (χ2v) is 3.76. The topological polar surface area (TPSA) is 60.2 Å². The Morgan fingerprint density at radius 1 is 1.75 bits per heavy atom. The van der Waals surface area contributed by atoms with E-state index in [-0.39, 0.29) is 6.10 Å². The van der Waals surface area contributed by atoms with Gasteiger partial charge in [-0.1, -0.05) is 11.3 Å². The number of ether oxygens (including phenoxy) is 1. The van der Waals surface area contributed by atoms with Crippen molar-refractivity contribution in [3.05, 3.63) is 11.1 Å². The highest BCUT2D eigenvalue weighted by molar-refractivity contribution is 7.15. The molecule has 1 saturated heterocycles. The Hall–Kier alpha value is -0.650. The predicted molar refractivity (Wildman–Crippen MR) is 48.1 cm³/mol. The number of morpholine rings is 1. The number of aromatic nitrogens is 1. The molecule has 0 aliphatic carbocycles. The van der Waals surface area contributed by atoms with Crippen molar-refractivity contribution in [3.63, 3.8) is 0 Å². The molecule has 0 saturated carbocycles. The van der Waals surface area contributed by atoms with Gasteiger partial charge in [-0.25, -0.2) is 4.98 Å². The predicted octanol–water partition coefficient (Wildman–Crippen LogP) is 0.386. The molecule has 0 radical (unpaired) electrons. The first-order valence-electron chi connectivity index (χ1n) is 3.90. The average Bonchev–Trinajstić information content (AvgIpc) is 2.54. The second kappa shape index (κ2) is 3.38. The minimum atomic E-state index is 0.147. The zero-order valence-electron chi connectivity index (χ0n) is 6.62. The summed E-state index contributed by atoms with van der Waals surface area (Å²) in [4.78, 5) is 5.09. The maximum Gasteiger partial charge on any atom is 0.180 e. The van der Waals surface area contributed by atoms with E-state index in [4.69, 9.17) is 10.5 Å². The third-order valence-electron chi connectivity index (χ3n) is 1.79. The molecule has 66 valence electrons. The summed E-state index contributed by atoms with van der Waals surface area (Å²) in [6.07, 6.45) is 1.94. The van der Waals surface area contributed by atoms with Gasteiger partial charge in [0.25, 0.3) is 0 Å². The Morgan fingerprint density at radius 3 is 3.25 bits per heavy atom. The van der Waals surface area contributed by atoms with Crippen LogP contribution in [0.5, 0.6) is 0 Å². The number of hydrogen-bond acceptors (Lipinski definition) is 5. The molecule has 1 aliphatic rings. The number of rotatable bonds is 1. The van der Waals surface area contributed by atoms with Crippen molar-refractivity contribution in [2.75, 3.05) is 25.4 Å². The van der Waals surface area contributed by atoms with E-state index in [0.717, 1.165) is 24.6 Å². The number of thiazole rings is 1. The van der Waals surface area contributed by atoms with Crippen LogP contribution in [0.1, 0.15) is 11.0 Å². The van der Waals surface area contributed by atoms with Crippen LogP contribution < -0.4 is 11.1 Å². The fourth-order valence-corrected chi connectivity index (χ4v) is 1.93. The highest BCUT2D eigenvalue weighted by Gasteiger charge is 2.17. The molecule has 1 atom stereocenters. The molecule has 2 heterocycles. The summed E-state index contributed by atoms with van der Waals surface area (Å²) in [7, 11) is 0. The van der Waals surface area contributed by atoms with Crippen molar-refractivity contribution in [2.24, 2.45) is 0 Å². The first kappa shape index (κ1) is 7.97. The van der Waals surface area contributed by atoms with E-state index in [1.54, 1.807) is 6.20 Å². The Morgan fingerprint density at radius 2 is 2.67 bits per heavy atom. The van der Waals surface area contributed by atoms with Crippen LogP contribution in [0.4, 0.5) is 5.13 Å². The molecule has 12 heavy (non-hydrogen) atoms. The fourth-order valence-electron chi connectivity index (χ4n) is 1.20. The summed E-state index contributed by atoms with van der Waals surface area (Å²) >= 11 is 1.50. The van der Waals surface area contributed by atoms with Crippen LogP contribution in [-0.4, -0.2) is 24.7 Å². The van der Waals surface area contributed by atoms with Gasteiger partial charge in [-0.05, 0) is 0 Å². The Kier molecular flexibility index (Phi) is 2.25. The molecule has 4 nitrogen and oxygen atoms in total. The molecule has 1 aromatic heterocycles. The molecule has 0 spiro atoms. The van der Waals surface area contributed by atoms with Crippen molar-refractivity contribution < 1.29 is 4.74 Å². The summed E-state index contributed by atoms with van der Waals surface area (Å²) in [5, 5.41) is 3.87. The molecule has 2 rings (SSSR count). The van der Waals surface area contributed by atoms with Gasteiger partial charge in [0, 0.05) is 19.3 Å². The summed E-state index contributed by atoms with van der Waals surface area (Å²) in [6.45, 7) is 2.56. The van der Waals surface area contributed by atoms with Gasteiger partial charge in [-0.15, -0.1) is 0 Å². The molecule has 0 amide bonds. The summed E-state index contributed by atoms with van der Waals surface area (Å²) < 4.78 is 5.53. The van der Waals surface area contributed by atoms with Crippen molar-refractivity contribution in [2.45, 2.75) is 6.10 Å². The van der Waals surface area contributed by atoms with Crippen LogP contribution in [0.3, 0.4) is 0 Å². The fraction of sp³-hybridized carbons (Fsp3) is 0.571. The van der Waals surface area contributed by atoms with Crippen molar-refractivity contribution >= 4 is 16.5 Å². The van der Waals surface area contributed by atoms with Crippen molar-refractivity contribution in [3.8, 4) is 0 Å². The molecule has 5 heteroatoms. The van der Waals surface area contributed by atoms with Gasteiger partial charge >= 0.3 is 0 Å². The first-order valence-corrected chi connectivity index (χ1v) is 4.71. The van der Waals surface area contributed by atoms with Gasteiger partial charge in [-0.2, -0.15) is 0 Å². The molecule has 3 N–H and O–H groups in total.